The van der Waals surface area contributed by atoms with E-state index in [0.717, 1.165) is 42.2 Å². The number of nitrogens with zero attached hydrogens (tertiary/aromatic N) is 1. The summed E-state index contributed by atoms with van der Waals surface area (Å²) < 4.78 is 1.06. The van der Waals surface area contributed by atoms with Gasteiger partial charge in [0.1, 0.15) is 0 Å². The van der Waals surface area contributed by atoms with Crippen LogP contribution in [-0.4, -0.2) is 9.97 Å². The molecule has 2 heterocycles. The second-order valence-corrected chi connectivity index (χ2v) is 10.4. The van der Waals surface area contributed by atoms with E-state index in [1.165, 1.54) is 0 Å². The van der Waals surface area contributed by atoms with Crippen molar-refractivity contribution in [2.45, 2.75) is 39.2 Å². The Hall–Kier alpha value is -2.48. The summed E-state index contributed by atoms with van der Waals surface area (Å²) in [4.78, 5) is 21.6. The standard InChI is InChI=1S/C24H25BrN4OS/c1-24(2,3)21-20(13-17-12-15-8-5-7-11-19(15)27-22(17)30)31-23(28-21)29-26-14-16-9-4-6-10-18(16)25/h4-12,26H,13-14H2,1-3H3,(H,27,30)(H,28,29). The molecule has 0 bridgehead atoms. The molecular formula is C24H25BrN4OS. The maximum Gasteiger partial charge on any atom is 0.251 e. The van der Waals surface area contributed by atoms with E-state index in [1.807, 2.05) is 48.5 Å². The van der Waals surface area contributed by atoms with Gasteiger partial charge in [0.25, 0.3) is 5.56 Å². The molecule has 0 unspecified atom stereocenters. The fourth-order valence-electron chi connectivity index (χ4n) is 3.46. The number of hydrazine groups is 1. The fourth-order valence-corrected chi connectivity index (χ4v) is 5.06. The molecular weight excluding hydrogens is 472 g/mol. The number of pyridine rings is 1. The summed E-state index contributed by atoms with van der Waals surface area (Å²) in [5.41, 5.74) is 10.1. The van der Waals surface area contributed by atoms with Crippen molar-refractivity contribution in [1.29, 1.82) is 0 Å². The van der Waals surface area contributed by atoms with E-state index in [0.29, 0.717) is 13.0 Å². The lowest BCUT2D eigenvalue weighted by Gasteiger charge is -2.17. The molecule has 160 valence electrons. The lowest BCUT2D eigenvalue weighted by Crippen LogP contribution is -2.21. The zero-order valence-electron chi connectivity index (χ0n) is 17.8. The fraction of sp³-hybridized carbons (Fsp3) is 0.250. The molecule has 0 fully saturated rings. The van der Waals surface area contributed by atoms with E-state index < -0.39 is 0 Å². The molecule has 0 aliphatic rings. The number of anilines is 1. The minimum Gasteiger partial charge on any atom is -0.322 e. The molecule has 0 spiro atoms. The summed E-state index contributed by atoms with van der Waals surface area (Å²) in [6.07, 6.45) is 0.552. The smallest absolute Gasteiger partial charge is 0.251 e. The van der Waals surface area contributed by atoms with Crippen LogP contribution in [0.25, 0.3) is 10.9 Å². The van der Waals surface area contributed by atoms with E-state index >= 15 is 0 Å². The minimum atomic E-state index is -0.127. The number of rotatable bonds is 6. The zero-order chi connectivity index (χ0) is 22.0. The summed E-state index contributed by atoms with van der Waals surface area (Å²) in [5.74, 6) is 0. The first-order chi connectivity index (χ1) is 14.8. The Morgan fingerprint density at radius 2 is 1.81 bits per heavy atom. The topological polar surface area (TPSA) is 69.8 Å². The highest BCUT2D eigenvalue weighted by Gasteiger charge is 2.24. The van der Waals surface area contributed by atoms with Crippen molar-refractivity contribution in [2.75, 3.05) is 5.43 Å². The van der Waals surface area contributed by atoms with Gasteiger partial charge in [-0.2, -0.15) is 0 Å². The molecule has 4 rings (SSSR count). The third kappa shape index (κ3) is 5.06. The first-order valence-corrected chi connectivity index (χ1v) is 11.8. The number of thiazole rings is 1. The lowest BCUT2D eigenvalue weighted by atomic mass is 9.90. The summed E-state index contributed by atoms with van der Waals surface area (Å²) >= 11 is 5.16. The number of aromatic nitrogens is 2. The van der Waals surface area contributed by atoms with Gasteiger partial charge >= 0.3 is 0 Å². The van der Waals surface area contributed by atoms with Crippen LogP contribution in [0.2, 0.25) is 0 Å². The third-order valence-corrected chi connectivity index (χ3v) is 6.77. The normalized spacial score (nSPS) is 11.7. The Balaban J connectivity index is 1.57. The highest BCUT2D eigenvalue weighted by molar-refractivity contribution is 9.10. The molecule has 0 radical (unpaired) electrons. The van der Waals surface area contributed by atoms with Crippen molar-refractivity contribution in [1.82, 2.24) is 15.4 Å². The molecule has 31 heavy (non-hydrogen) atoms. The van der Waals surface area contributed by atoms with Crippen molar-refractivity contribution in [3.63, 3.8) is 0 Å². The molecule has 4 aromatic rings. The van der Waals surface area contributed by atoms with E-state index in [9.17, 15) is 4.79 Å². The van der Waals surface area contributed by atoms with Gasteiger partial charge in [-0.3, -0.25) is 10.2 Å². The maximum absolute atomic E-state index is 12.7. The molecule has 0 atom stereocenters. The van der Waals surface area contributed by atoms with Crippen LogP contribution in [0, 0.1) is 0 Å². The molecule has 3 N–H and O–H groups in total. The monoisotopic (exact) mass is 496 g/mol. The number of aromatic amines is 1. The third-order valence-electron chi connectivity index (χ3n) is 5.02. The van der Waals surface area contributed by atoms with Gasteiger partial charge in [0.15, 0.2) is 5.13 Å². The van der Waals surface area contributed by atoms with Crippen LogP contribution in [0.3, 0.4) is 0 Å². The van der Waals surface area contributed by atoms with E-state index in [4.69, 9.17) is 4.98 Å². The Morgan fingerprint density at radius 1 is 1.06 bits per heavy atom. The first kappa shape index (κ1) is 21.7. The number of fused-ring (bicyclic) bond motifs is 1. The van der Waals surface area contributed by atoms with Gasteiger partial charge in [0.05, 0.1) is 5.69 Å². The molecule has 0 aliphatic carbocycles. The van der Waals surface area contributed by atoms with Crippen LogP contribution >= 0.6 is 27.3 Å². The van der Waals surface area contributed by atoms with Gasteiger partial charge in [-0.05, 0) is 29.1 Å². The van der Waals surface area contributed by atoms with Crippen molar-refractivity contribution < 1.29 is 0 Å². The molecule has 2 aromatic carbocycles. The SMILES string of the molecule is CC(C)(C)c1nc(NNCc2ccccc2Br)sc1Cc1cc2ccccc2[nH]c1=O. The number of nitrogens with one attached hydrogen (secondary N) is 3. The number of benzene rings is 2. The quantitative estimate of drug-likeness (QED) is 0.297. The van der Waals surface area contributed by atoms with E-state index in [2.05, 4.69) is 58.6 Å². The predicted octanol–water partition coefficient (Wildman–Crippen LogP) is 5.75. The highest BCUT2D eigenvalue weighted by Crippen LogP contribution is 2.33. The van der Waals surface area contributed by atoms with Crippen LogP contribution in [0.1, 0.15) is 42.5 Å². The number of halogens is 1. The minimum absolute atomic E-state index is 0.0477. The van der Waals surface area contributed by atoms with Crippen molar-refractivity contribution >= 4 is 43.3 Å². The summed E-state index contributed by atoms with van der Waals surface area (Å²) in [7, 11) is 0. The van der Waals surface area contributed by atoms with Crippen LogP contribution in [0.15, 0.2) is 63.9 Å². The van der Waals surface area contributed by atoms with Crippen molar-refractivity contribution in [3.05, 3.63) is 91.1 Å². The van der Waals surface area contributed by atoms with Crippen LogP contribution in [0.4, 0.5) is 5.13 Å². The Morgan fingerprint density at radius 3 is 2.58 bits per heavy atom. The van der Waals surface area contributed by atoms with Crippen LogP contribution < -0.4 is 16.4 Å². The molecule has 7 heteroatoms. The molecule has 0 aliphatic heterocycles. The second-order valence-electron chi connectivity index (χ2n) is 8.50. The lowest BCUT2D eigenvalue weighted by molar-refractivity contribution is 0.567. The zero-order valence-corrected chi connectivity index (χ0v) is 20.2. The van der Waals surface area contributed by atoms with Crippen LogP contribution in [0.5, 0.6) is 0 Å². The molecule has 5 nitrogen and oxygen atoms in total. The molecule has 0 amide bonds. The van der Waals surface area contributed by atoms with Gasteiger partial charge in [-0.25, -0.2) is 10.4 Å². The van der Waals surface area contributed by atoms with Gasteiger partial charge in [-0.1, -0.05) is 73.1 Å². The predicted molar refractivity (Wildman–Crippen MR) is 133 cm³/mol. The van der Waals surface area contributed by atoms with Gasteiger partial charge in [0.2, 0.25) is 0 Å². The summed E-state index contributed by atoms with van der Waals surface area (Å²) in [5, 5.41) is 1.83. The highest BCUT2D eigenvalue weighted by atomic mass is 79.9. The summed E-state index contributed by atoms with van der Waals surface area (Å²) in [6.45, 7) is 7.10. The average Bonchev–Trinajstić information content (AvgIpc) is 3.13. The van der Waals surface area contributed by atoms with E-state index in [1.54, 1.807) is 11.3 Å². The number of hydrogen-bond acceptors (Lipinski definition) is 5. The number of para-hydroxylation sites is 1. The largest absolute Gasteiger partial charge is 0.322 e. The first-order valence-electron chi connectivity index (χ1n) is 10.1. The Labute approximate surface area is 194 Å². The molecule has 0 saturated heterocycles. The van der Waals surface area contributed by atoms with Crippen molar-refractivity contribution in [2.24, 2.45) is 0 Å². The van der Waals surface area contributed by atoms with Crippen LogP contribution in [-0.2, 0) is 18.4 Å². The maximum atomic E-state index is 12.7. The Bertz CT molecular complexity index is 1270. The average molecular weight is 497 g/mol. The van der Waals surface area contributed by atoms with Gasteiger partial charge < -0.3 is 4.98 Å². The Kier molecular flexibility index (Phi) is 6.27. The summed E-state index contributed by atoms with van der Waals surface area (Å²) in [6, 6.07) is 17.9. The molecule has 2 aromatic heterocycles. The number of H-pyrrole nitrogens is 1. The molecule has 0 saturated carbocycles. The second kappa shape index (κ2) is 8.94. The van der Waals surface area contributed by atoms with Gasteiger partial charge in [0, 0.05) is 38.8 Å². The van der Waals surface area contributed by atoms with Gasteiger partial charge in [-0.15, -0.1) is 11.3 Å². The van der Waals surface area contributed by atoms with Crippen molar-refractivity contribution in [3.8, 4) is 0 Å². The number of hydrogen-bond donors (Lipinski definition) is 3. The van der Waals surface area contributed by atoms with E-state index in [-0.39, 0.29) is 11.0 Å².